The second-order valence-electron chi connectivity index (χ2n) is 4.21. The van der Waals surface area contributed by atoms with Crippen LogP contribution in [0.1, 0.15) is 34.1 Å². The van der Waals surface area contributed by atoms with Crippen LogP contribution in [0.25, 0.3) is 0 Å². The second kappa shape index (κ2) is 5.04. The normalized spacial score (nSPS) is 22.9. The maximum atomic E-state index is 11.8. The topological polar surface area (TPSA) is 37.4 Å². The predicted molar refractivity (Wildman–Crippen MR) is 67.8 cm³/mol. The summed E-state index contributed by atoms with van der Waals surface area (Å²) in [6.45, 7) is 8.48. The fourth-order valence-electron chi connectivity index (χ4n) is 1.90. The molecule has 0 fully saturated rings. The predicted octanol–water partition coefficient (Wildman–Crippen LogP) is 2.32. The third-order valence-electron chi connectivity index (χ3n) is 3.18. The molecule has 1 aliphatic rings. The molecule has 0 radical (unpaired) electrons. The third kappa shape index (κ3) is 2.48. The molecule has 0 saturated carbocycles. The Morgan fingerprint density at radius 2 is 2.12 bits per heavy atom. The van der Waals surface area contributed by atoms with Crippen molar-refractivity contribution in [2.45, 2.75) is 40.2 Å². The highest BCUT2D eigenvalue weighted by Crippen LogP contribution is 2.26. The smallest absolute Gasteiger partial charge is 0.178 e. The minimum Gasteiger partial charge on any atom is -0.367 e. The summed E-state index contributed by atoms with van der Waals surface area (Å²) in [5.41, 5.74) is 0.864. The van der Waals surface area contributed by atoms with Crippen molar-refractivity contribution in [3.8, 4) is 0 Å². The first-order valence-corrected chi connectivity index (χ1v) is 7.42. The molecular formula is C12H21NO2S. The van der Waals surface area contributed by atoms with Crippen LogP contribution in [0.15, 0.2) is 22.8 Å². The van der Waals surface area contributed by atoms with Crippen LogP contribution in [0, 0.1) is 0 Å². The minimum atomic E-state index is -3.02. The number of allylic oxidation sites excluding steroid dienone is 3. The molecule has 0 spiro atoms. The van der Waals surface area contributed by atoms with Crippen LogP contribution in [0.3, 0.4) is 0 Å². The molecule has 0 aliphatic carbocycles. The van der Waals surface area contributed by atoms with Gasteiger partial charge in [0, 0.05) is 12.6 Å². The van der Waals surface area contributed by atoms with Crippen molar-refractivity contribution < 1.29 is 8.42 Å². The highest BCUT2D eigenvalue weighted by molar-refractivity contribution is 7.95. The average molecular weight is 243 g/mol. The summed E-state index contributed by atoms with van der Waals surface area (Å²) in [6.07, 6.45) is 4.82. The first-order chi connectivity index (χ1) is 7.44. The van der Waals surface area contributed by atoms with Gasteiger partial charge in [-0.2, -0.15) is 0 Å². The zero-order valence-electron chi connectivity index (χ0n) is 10.5. The Hall–Kier alpha value is -0.770. The van der Waals surface area contributed by atoms with E-state index in [4.69, 9.17) is 0 Å². The Morgan fingerprint density at radius 1 is 1.50 bits per heavy atom. The van der Waals surface area contributed by atoms with E-state index in [-0.39, 0.29) is 5.75 Å². The van der Waals surface area contributed by atoms with Crippen LogP contribution in [-0.4, -0.2) is 31.7 Å². The van der Waals surface area contributed by atoms with Crippen molar-refractivity contribution in [3.63, 3.8) is 0 Å². The van der Waals surface area contributed by atoms with Gasteiger partial charge in [0.2, 0.25) is 0 Å². The van der Waals surface area contributed by atoms with Gasteiger partial charge in [-0.1, -0.05) is 13.0 Å². The Balaban J connectivity index is 3.21. The summed E-state index contributed by atoms with van der Waals surface area (Å²) in [4.78, 5) is 2.70. The number of hydrogen-bond donors (Lipinski definition) is 0. The van der Waals surface area contributed by atoms with Gasteiger partial charge >= 0.3 is 0 Å². The SMILES string of the molecule is C/C=C\C1=C(C)S(=O)(=O)CCN1C(C)CC. The quantitative estimate of drug-likeness (QED) is 0.763. The van der Waals surface area contributed by atoms with Gasteiger partial charge in [0.05, 0.1) is 16.4 Å². The van der Waals surface area contributed by atoms with Gasteiger partial charge in [0.1, 0.15) is 0 Å². The maximum Gasteiger partial charge on any atom is 0.178 e. The van der Waals surface area contributed by atoms with Crippen molar-refractivity contribution in [1.82, 2.24) is 4.90 Å². The van der Waals surface area contributed by atoms with Crippen molar-refractivity contribution in [2.24, 2.45) is 0 Å². The van der Waals surface area contributed by atoms with Crippen LogP contribution in [0.5, 0.6) is 0 Å². The lowest BCUT2D eigenvalue weighted by Crippen LogP contribution is -2.40. The lowest BCUT2D eigenvalue weighted by molar-refractivity contribution is 0.278. The Kier molecular flexibility index (Phi) is 4.19. The van der Waals surface area contributed by atoms with Gasteiger partial charge in [0.15, 0.2) is 9.84 Å². The lowest BCUT2D eigenvalue weighted by atomic mass is 10.2. The van der Waals surface area contributed by atoms with Gasteiger partial charge in [0.25, 0.3) is 0 Å². The van der Waals surface area contributed by atoms with Gasteiger partial charge in [-0.3, -0.25) is 0 Å². The Bertz CT molecular complexity index is 407. The summed E-state index contributed by atoms with van der Waals surface area (Å²) in [5.74, 6) is 0.240. The van der Waals surface area contributed by atoms with Gasteiger partial charge in [-0.15, -0.1) is 0 Å². The van der Waals surface area contributed by atoms with Crippen molar-refractivity contribution in [1.29, 1.82) is 0 Å². The molecule has 1 unspecified atom stereocenters. The molecule has 0 aromatic carbocycles. The Morgan fingerprint density at radius 3 is 2.62 bits per heavy atom. The maximum absolute atomic E-state index is 11.8. The lowest BCUT2D eigenvalue weighted by Gasteiger charge is -2.36. The molecule has 1 heterocycles. The van der Waals surface area contributed by atoms with E-state index < -0.39 is 9.84 Å². The first-order valence-electron chi connectivity index (χ1n) is 5.77. The molecule has 92 valence electrons. The summed E-state index contributed by atoms with van der Waals surface area (Å²) in [5, 5.41) is 0. The van der Waals surface area contributed by atoms with Crippen LogP contribution < -0.4 is 0 Å². The first kappa shape index (κ1) is 13.3. The molecule has 16 heavy (non-hydrogen) atoms. The number of hydrogen-bond acceptors (Lipinski definition) is 3. The van der Waals surface area contributed by atoms with E-state index in [9.17, 15) is 8.42 Å². The molecule has 0 amide bonds. The molecule has 0 N–H and O–H groups in total. The zero-order chi connectivity index (χ0) is 12.3. The number of nitrogens with zero attached hydrogens (tertiary/aromatic N) is 1. The van der Waals surface area contributed by atoms with Crippen LogP contribution in [0.4, 0.5) is 0 Å². The molecule has 1 aliphatic heterocycles. The summed E-state index contributed by atoms with van der Waals surface area (Å²) >= 11 is 0. The van der Waals surface area contributed by atoms with Crippen LogP contribution in [0.2, 0.25) is 0 Å². The summed E-state index contributed by atoms with van der Waals surface area (Å²) in [7, 11) is -3.02. The zero-order valence-corrected chi connectivity index (χ0v) is 11.3. The van der Waals surface area contributed by atoms with E-state index in [0.29, 0.717) is 17.5 Å². The highest BCUT2D eigenvalue weighted by atomic mass is 32.2. The number of rotatable bonds is 3. The molecule has 0 bridgehead atoms. The fourth-order valence-corrected chi connectivity index (χ4v) is 3.15. The van der Waals surface area contributed by atoms with E-state index in [1.165, 1.54) is 0 Å². The van der Waals surface area contributed by atoms with E-state index in [2.05, 4.69) is 18.7 Å². The number of sulfone groups is 1. The molecule has 0 aromatic rings. The van der Waals surface area contributed by atoms with E-state index >= 15 is 0 Å². The van der Waals surface area contributed by atoms with Gasteiger partial charge in [-0.05, 0) is 33.3 Å². The van der Waals surface area contributed by atoms with Gasteiger partial charge in [-0.25, -0.2) is 8.42 Å². The Labute approximate surface area is 98.8 Å². The standard InChI is InChI=1S/C12H21NO2S/c1-5-7-12-11(4)16(14,15)9-8-13(12)10(3)6-2/h5,7,10H,6,8-9H2,1-4H3/b7-5-. The van der Waals surface area contributed by atoms with E-state index in [0.717, 1.165) is 12.1 Å². The van der Waals surface area contributed by atoms with Gasteiger partial charge < -0.3 is 4.90 Å². The summed E-state index contributed by atoms with van der Waals surface area (Å²) < 4.78 is 23.6. The van der Waals surface area contributed by atoms with Crippen molar-refractivity contribution in [3.05, 3.63) is 22.8 Å². The van der Waals surface area contributed by atoms with Crippen molar-refractivity contribution in [2.75, 3.05) is 12.3 Å². The second-order valence-corrected chi connectivity index (χ2v) is 6.46. The largest absolute Gasteiger partial charge is 0.367 e. The molecule has 1 rings (SSSR count). The minimum absolute atomic E-state index is 0.240. The average Bonchev–Trinajstić information content (AvgIpc) is 2.24. The molecular weight excluding hydrogens is 222 g/mol. The molecule has 4 heteroatoms. The summed E-state index contributed by atoms with van der Waals surface area (Å²) in [6, 6.07) is 0.386. The highest BCUT2D eigenvalue weighted by Gasteiger charge is 2.28. The molecule has 0 aromatic heterocycles. The van der Waals surface area contributed by atoms with E-state index in [1.807, 2.05) is 19.1 Å². The fraction of sp³-hybridized carbons (Fsp3) is 0.667. The van der Waals surface area contributed by atoms with Crippen LogP contribution >= 0.6 is 0 Å². The molecule has 1 atom stereocenters. The van der Waals surface area contributed by atoms with E-state index in [1.54, 1.807) is 6.92 Å². The third-order valence-corrected chi connectivity index (χ3v) is 5.05. The molecule has 0 saturated heterocycles. The monoisotopic (exact) mass is 243 g/mol. The van der Waals surface area contributed by atoms with Crippen molar-refractivity contribution >= 4 is 9.84 Å². The molecule has 3 nitrogen and oxygen atoms in total. The van der Waals surface area contributed by atoms with Crippen LogP contribution in [-0.2, 0) is 9.84 Å².